The van der Waals surface area contributed by atoms with E-state index in [1.54, 1.807) is 3.26 Å². The van der Waals surface area contributed by atoms with Crippen molar-refractivity contribution in [1.29, 1.82) is 0 Å². The minimum atomic E-state index is -0.825. The third-order valence-electron chi connectivity index (χ3n) is 1.85. The molecule has 0 saturated carbocycles. The Kier molecular flexibility index (Phi) is 3.44. The van der Waals surface area contributed by atoms with E-state index in [0.29, 0.717) is 0 Å². The molecular weight excluding hydrogens is 239 g/mol. The fraction of sp³-hybridized carbons (Fsp3) is 0.444. The summed E-state index contributed by atoms with van der Waals surface area (Å²) >= 11 is -0.825. The van der Waals surface area contributed by atoms with Crippen LogP contribution < -0.4 is 0 Å². The summed E-state index contributed by atoms with van der Waals surface area (Å²) in [5.74, 6) is 0. The predicted octanol–water partition coefficient (Wildman–Crippen LogP) is 1.72. The Labute approximate surface area is 79.6 Å². The van der Waals surface area contributed by atoms with Crippen molar-refractivity contribution in [3.8, 4) is 0 Å². The molecule has 0 radical (unpaired) electrons. The van der Waals surface area contributed by atoms with Crippen molar-refractivity contribution in [2.24, 2.45) is 0 Å². The van der Waals surface area contributed by atoms with Crippen LogP contribution in [0.3, 0.4) is 0 Å². The summed E-state index contributed by atoms with van der Waals surface area (Å²) in [5.41, 5.74) is 2.91. The molecule has 0 aromatic heterocycles. The van der Waals surface area contributed by atoms with Gasteiger partial charge in [-0.1, -0.05) is 0 Å². The molecular formula is C9H13InO. The molecule has 0 aliphatic heterocycles. The van der Waals surface area contributed by atoms with Crippen molar-refractivity contribution in [3.63, 3.8) is 0 Å². The summed E-state index contributed by atoms with van der Waals surface area (Å²) < 4.78 is 6.88. The van der Waals surface area contributed by atoms with Crippen LogP contribution in [0.2, 0.25) is 0 Å². The Balaban J connectivity index is 2.81. The van der Waals surface area contributed by atoms with Gasteiger partial charge in [-0.25, -0.2) is 0 Å². The maximum atomic E-state index is 5.28. The second-order valence-electron chi connectivity index (χ2n) is 2.92. The van der Waals surface area contributed by atoms with Gasteiger partial charge in [0.25, 0.3) is 0 Å². The first kappa shape index (κ1) is 9.11. The van der Waals surface area contributed by atoms with Crippen molar-refractivity contribution in [2.45, 2.75) is 20.3 Å². The number of hydrogen-bond donors (Lipinski definition) is 0. The van der Waals surface area contributed by atoms with Crippen LogP contribution in [0.4, 0.5) is 0 Å². The third-order valence-corrected chi connectivity index (χ3v) is 5.22. The van der Waals surface area contributed by atoms with Gasteiger partial charge < -0.3 is 0 Å². The molecule has 1 rings (SSSR count). The summed E-state index contributed by atoms with van der Waals surface area (Å²) in [6.07, 6.45) is 5.58. The Morgan fingerprint density at radius 1 is 1.36 bits per heavy atom. The third kappa shape index (κ3) is 2.51. The molecule has 0 bridgehead atoms. The van der Waals surface area contributed by atoms with Crippen LogP contribution in [0.5, 0.6) is 0 Å². The fourth-order valence-corrected chi connectivity index (χ4v) is 3.92. The molecule has 0 heterocycles. The predicted molar refractivity (Wildman–Crippen MR) is 49.9 cm³/mol. The summed E-state index contributed by atoms with van der Waals surface area (Å²) in [5, 5.41) is 0. The first-order valence-electron chi connectivity index (χ1n) is 3.80. The molecule has 1 nitrogen and oxygen atoms in total. The van der Waals surface area contributed by atoms with E-state index in [1.807, 2.05) is 7.11 Å². The van der Waals surface area contributed by atoms with Crippen LogP contribution in [-0.2, 0) is 2.85 Å². The van der Waals surface area contributed by atoms with Gasteiger partial charge in [0.1, 0.15) is 0 Å². The summed E-state index contributed by atoms with van der Waals surface area (Å²) in [6.45, 7) is 4.37. The van der Waals surface area contributed by atoms with Crippen LogP contribution in [-0.4, -0.2) is 33.2 Å². The van der Waals surface area contributed by atoms with Gasteiger partial charge in [0.05, 0.1) is 0 Å². The molecule has 2 heteroatoms. The van der Waals surface area contributed by atoms with Crippen molar-refractivity contribution in [2.75, 3.05) is 7.11 Å². The molecule has 0 atom stereocenters. The molecule has 0 fully saturated rings. The summed E-state index contributed by atoms with van der Waals surface area (Å²) in [6, 6.07) is 0. The molecule has 0 saturated heterocycles. The average molecular weight is 252 g/mol. The van der Waals surface area contributed by atoms with E-state index in [4.69, 9.17) is 2.85 Å². The number of hydrogen-bond acceptors (Lipinski definition) is 1. The van der Waals surface area contributed by atoms with Crippen molar-refractivity contribution < 1.29 is 2.85 Å². The van der Waals surface area contributed by atoms with Crippen molar-refractivity contribution in [3.05, 3.63) is 23.3 Å². The van der Waals surface area contributed by atoms with Crippen LogP contribution in [0.1, 0.15) is 20.3 Å². The molecule has 1 aliphatic carbocycles. The molecule has 1 aliphatic rings. The summed E-state index contributed by atoms with van der Waals surface area (Å²) in [7, 11) is 1.83. The number of rotatable bonds is 1. The Hall–Kier alpha value is 0.0201. The molecule has 0 N–H and O–H groups in total. The monoisotopic (exact) mass is 252 g/mol. The van der Waals surface area contributed by atoms with Gasteiger partial charge in [0.2, 0.25) is 0 Å². The first-order chi connectivity index (χ1) is 5.24. The van der Waals surface area contributed by atoms with Gasteiger partial charge in [0.15, 0.2) is 0 Å². The molecule has 0 unspecified atom stereocenters. The quantitative estimate of drug-likeness (QED) is 0.690. The SMILES string of the molecule is C[O][In]=[C]1CC(C)=CC=C1C. The van der Waals surface area contributed by atoms with Crippen LogP contribution in [0, 0.1) is 0 Å². The molecule has 11 heavy (non-hydrogen) atoms. The van der Waals surface area contributed by atoms with E-state index >= 15 is 0 Å². The molecule has 0 amide bonds. The van der Waals surface area contributed by atoms with Gasteiger partial charge in [-0.3, -0.25) is 0 Å². The Morgan fingerprint density at radius 3 is 2.73 bits per heavy atom. The zero-order valence-electron chi connectivity index (χ0n) is 7.35. The van der Waals surface area contributed by atoms with Crippen molar-refractivity contribution >= 4 is 26.1 Å². The van der Waals surface area contributed by atoms with Gasteiger partial charge >= 0.3 is 79.6 Å². The van der Waals surface area contributed by atoms with Crippen molar-refractivity contribution in [1.82, 2.24) is 0 Å². The van der Waals surface area contributed by atoms with E-state index in [-0.39, 0.29) is 0 Å². The second-order valence-corrected chi connectivity index (χ2v) is 6.93. The summed E-state index contributed by atoms with van der Waals surface area (Å²) in [4.78, 5) is 0. The van der Waals surface area contributed by atoms with Gasteiger partial charge in [-0.2, -0.15) is 0 Å². The van der Waals surface area contributed by atoms with E-state index in [9.17, 15) is 0 Å². The van der Waals surface area contributed by atoms with E-state index in [0.717, 1.165) is 6.42 Å². The van der Waals surface area contributed by atoms with Gasteiger partial charge in [0, 0.05) is 0 Å². The van der Waals surface area contributed by atoms with E-state index in [2.05, 4.69) is 26.0 Å². The minimum absolute atomic E-state index is 0.825. The first-order valence-corrected chi connectivity index (χ1v) is 6.79. The number of allylic oxidation sites excluding steroid dienone is 4. The Morgan fingerprint density at radius 2 is 2.09 bits per heavy atom. The van der Waals surface area contributed by atoms with Crippen LogP contribution in [0.15, 0.2) is 23.3 Å². The topological polar surface area (TPSA) is 9.23 Å². The molecule has 0 aromatic rings. The van der Waals surface area contributed by atoms with E-state index in [1.165, 1.54) is 11.1 Å². The average Bonchev–Trinajstić information content (AvgIpc) is 1.98. The van der Waals surface area contributed by atoms with E-state index < -0.39 is 22.9 Å². The zero-order chi connectivity index (χ0) is 8.27. The maximum absolute atomic E-state index is 5.28. The van der Waals surface area contributed by atoms with Crippen LogP contribution >= 0.6 is 0 Å². The van der Waals surface area contributed by atoms with Gasteiger partial charge in [-0.15, -0.1) is 0 Å². The standard InChI is InChI=1S/C8H10.CH3O.In/c1-7-3-5-8(2)6-4-7;1-2;/h3,5H,4H2,1-2H3;1H3;/q;-1;+1. The van der Waals surface area contributed by atoms with Gasteiger partial charge in [-0.05, 0) is 0 Å². The molecule has 0 aromatic carbocycles. The molecule has 0 spiro atoms. The van der Waals surface area contributed by atoms with Crippen LogP contribution in [0.25, 0.3) is 0 Å². The molecule has 58 valence electrons. The fourth-order valence-electron chi connectivity index (χ4n) is 1.15. The Bertz CT molecular complexity index is 236. The second kappa shape index (κ2) is 4.15. The normalized spacial score (nSPS) is 20.5. The zero-order valence-corrected chi connectivity index (χ0v) is 10.6.